The molecule has 3 heterocycles. The summed E-state index contributed by atoms with van der Waals surface area (Å²) in [6.07, 6.45) is 2.99. The van der Waals surface area contributed by atoms with Gasteiger partial charge in [0.25, 0.3) is 0 Å². The zero-order valence-corrected chi connectivity index (χ0v) is 11.6. The van der Waals surface area contributed by atoms with Crippen molar-refractivity contribution in [2.75, 3.05) is 0 Å². The molecule has 1 saturated carbocycles. The van der Waals surface area contributed by atoms with Crippen LogP contribution in [0, 0.1) is 17.8 Å². The monoisotopic (exact) mass is 268 g/mol. The first kappa shape index (κ1) is 13.1. The highest BCUT2D eigenvalue weighted by Gasteiger charge is 2.66. The van der Waals surface area contributed by atoms with Crippen LogP contribution in [-0.4, -0.2) is 23.1 Å². The molecule has 3 aliphatic heterocycles. The van der Waals surface area contributed by atoms with Gasteiger partial charge in [-0.25, -0.2) is 9.68 Å². The Balaban J connectivity index is 2.09. The van der Waals surface area contributed by atoms with Crippen LogP contribution in [0.3, 0.4) is 0 Å². The summed E-state index contributed by atoms with van der Waals surface area (Å²) < 4.78 is 5.45. The lowest BCUT2D eigenvalue weighted by atomic mass is 9.61. The highest BCUT2D eigenvalue weighted by molar-refractivity contribution is 5.91. The molecule has 5 nitrogen and oxygen atoms in total. The normalized spacial score (nSPS) is 49.2. The van der Waals surface area contributed by atoms with Crippen molar-refractivity contribution in [3.8, 4) is 0 Å². The molecule has 19 heavy (non-hydrogen) atoms. The van der Waals surface area contributed by atoms with Gasteiger partial charge >= 0.3 is 5.97 Å². The van der Waals surface area contributed by atoms with Gasteiger partial charge in [-0.3, -0.25) is 4.79 Å². The van der Waals surface area contributed by atoms with E-state index in [1.807, 2.05) is 0 Å². The van der Waals surface area contributed by atoms with Gasteiger partial charge in [-0.05, 0) is 32.1 Å². The number of ketones is 1. The largest absolute Gasteiger partial charge is 0.428 e. The van der Waals surface area contributed by atoms with Crippen molar-refractivity contribution in [3.05, 3.63) is 0 Å². The number of ether oxygens (including phenoxy) is 1. The molecule has 1 spiro atoms. The van der Waals surface area contributed by atoms with Gasteiger partial charge in [-0.2, -0.15) is 4.89 Å². The first-order valence-corrected chi connectivity index (χ1v) is 7.00. The summed E-state index contributed by atoms with van der Waals surface area (Å²) in [5, 5.41) is 0. The van der Waals surface area contributed by atoms with Gasteiger partial charge < -0.3 is 4.74 Å². The van der Waals surface area contributed by atoms with Crippen LogP contribution in [-0.2, 0) is 24.1 Å². The molecule has 0 aromatic carbocycles. The van der Waals surface area contributed by atoms with E-state index in [0.29, 0.717) is 18.8 Å². The summed E-state index contributed by atoms with van der Waals surface area (Å²) in [6.45, 7) is 5.34. The quantitative estimate of drug-likeness (QED) is 0.537. The number of fused-ring (bicyclic) bond motifs is 3. The standard InChI is InChI=1S/C14H20O5/c1-8-4-5-11(9(2)15)14-10(8)6-7-13(3,18-19-14)17-12(14)16/h8,10-11H,4-7H2,1-3H3/t8-,10+,11+,13-,14-/m1/s1. The number of esters is 1. The summed E-state index contributed by atoms with van der Waals surface area (Å²) in [6, 6.07) is 0. The van der Waals surface area contributed by atoms with E-state index in [0.717, 1.165) is 12.8 Å². The lowest BCUT2D eigenvalue weighted by Gasteiger charge is -2.48. The second-order valence-corrected chi connectivity index (χ2v) is 6.35. The van der Waals surface area contributed by atoms with E-state index in [1.54, 1.807) is 6.92 Å². The number of Topliss-reactive ketones (excluding diaryl/α,β-unsaturated/α-hetero) is 1. The second-order valence-electron chi connectivity index (χ2n) is 6.35. The Morgan fingerprint density at radius 3 is 2.63 bits per heavy atom. The molecule has 0 aromatic heterocycles. The van der Waals surface area contributed by atoms with Gasteiger partial charge in [0.2, 0.25) is 11.4 Å². The molecule has 0 aromatic rings. The van der Waals surface area contributed by atoms with Crippen LogP contribution in [0.1, 0.15) is 46.5 Å². The third kappa shape index (κ3) is 1.68. The molecule has 5 atom stereocenters. The second kappa shape index (κ2) is 4.03. The number of hydrogen-bond acceptors (Lipinski definition) is 5. The SMILES string of the molecule is CC(=O)[C@@H]1CC[C@@H](C)[C@@H]2CC[C@@]3(C)OO[C@@]12C(=O)O3. The van der Waals surface area contributed by atoms with Crippen molar-refractivity contribution in [2.45, 2.75) is 57.8 Å². The maximum absolute atomic E-state index is 12.5. The Morgan fingerprint density at radius 1 is 1.26 bits per heavy atom. The van der Waals surface area contributed by atoms with Crippen LogP contribution in [0.25, 0.3) is 0 Å². The third-order valence-corrected chi connectivity index (χ3v) is 5.05. The van der Waals surface area contributed by atoms with Crippen molar-refractivity contribution in [2.24, 2.45) is 17.8 Å². The van der Waals surface area contributed by atoms with E-state index in [1.165, 1.54) is 6.92 Å². The fraction of sp³-hybridized carbons (Fsp3) is 0.857. The van der Waals surface area contributed by atoms with E-state index >= 15 is 0 Å². The Labute approximate surface area is 112 Å². The van der Waals surface area contributed by atoms with E-state index < -0.39 is 23.3 Å². The topological polar surface area (TPSA) is 61.8 Å². The summed E-state index contributed by atoms with van der Waals surface area (Å²) in [5.41, 5.74) is -1.22. The summed E-state index contributed by atoms with van der Waals surface area (Å²) in [5.74, 6) is -1.58. The molecule has 3 saturated heterocycles. The molecule has 2 bridgehead atoms. The van der Waals surface area contributed by atoms with Crippen molar-refractivity contribution < 1.29 is 24.1 Å². The van der Waals surface area contributed by atoms with Gasteiger partial charge in [0, 0.05) is 19.3 Å². The molecule has 0 N–H and O–H groups in total. The predicted octanol–water partition coefficient (Wildman–Crippen LogP) is 1.99. The van der Waals surface area contributed by atoms with Crippen LogP contribution in [0.15, 0.2) is 0 Å². The first-order chi connectivity index (χ1) is 8.89. The first-order valence-electron chi connectivity index (χ1n) is 7.00. The maximum atomic E-state index is 12.5. The van der Waals surface area contributed by atoms with Crippen LogP contribution in [0.4, 0.5) is 0 Å². The van der Waals surface area contributed by atoms with E-state index in [2.05, 4.69) is 6.92 Å². The summed E-state index contributed by atoms with van der Waals surface area (Å²) >= 11 is 0. The zero-order valence-electron chi connectivity index (χ0n) is 11.6. The molecular formula is C14H20O5. The minimum absolute atomic E-state index is 0.00743. The highest BCUT2D eigenvalue weighted by Crippen LogP contribution is 2.54. The fourth-order valence-electron chi connectivity index (χ4n) is 3.94. The Hall–Kier alpha value is -0.940. The van der Waals surface area contributed by atoms with Gasteiger partial charge in [0.05, 0.1) is 5.92 Å². The maximum Gasteiger partial charge on any atom is 0.345 e. The number of carbonyl (C=O) groups excluding carboxylic acids is 2. The van der Waals surface area contributed by atoms with Crippen LogP contribution >= 0.6 is 0 Å². The van der Waals surface area contributed by atoms with Crippen molar-refractivity contribution >= 4 is 11.8 Å². The van der Waals surface area contributed by atoms with Crippen LogP contribution in [0.2, 0.25) is 0 Å². The fourth-order valence-corrected chi connectivity index (χ4v) is 3.94. The third-order valence-electron chi connectivity index (χ3n) is 5.05. The number of hydrogen-bond donors (Lipinski definition) is 0. The molecule has 4 rings (SSSR count). The van der Waals surface area contributed by atoms with E-state index in [4.69, 9.17) is 14.5 Å². The van der Waals surface area contributed by atoms with Crippen LogP contribution < -0.4 is 0 Å². The summed E-state index contributed by atoms with van der Waals surface area (Å²) in [4.78, 5) is 35.4. The molecule has 106 valence electrons. The Kier molecular flexibility index (Phi) is 2.77. The molecule has 1 aliphatic carbocycles. The molecule has 0 unspecified atom stereocenters. The Morgan fingerprint density at radius 2 is 2.00 bits per heavy atom. The Bertz CT molecular complexity index is 434. The number of carbonyl (C=O) groups is 2. The smallest absolute Gasteiger partial charge is 0.345 e. The molecule has 5 heteroatoms. The lowest BCUT2D eigenvalue weighted by Crippen LogP contribution is -2.63. The summed E-state index contributed by atoms with van der Waals surface area (Å²) in [7, 11) is 0. The average molecular weight is 268 g/mol. The van der Waals surface area contributed by atoms with Gasteiger partial charge in [-0.1, -0.05) is 6.92 Å². The molecule has 0 amide bonds. The lowest BCUT2D eigenvalue weighted by molar-refractivity contribution is -0.481. The van der Waals surface area contributed by atoms with Gasteiger partial charge in [0.1, 0.15) is 5.78 Å². The molecule has 4 fully saturated rings. The average Bonchev–Trinajstić information content (AvgIpc) is 2.54. The number of rotatable bonds is 1. The van der Waals surface area contributed by atoms with Crippen molar-refractivity contribution in [1.82, 2.24) is 0 Å². The van der Waals surface area contributed by atoms with E-state index in [-0.39, 0.29) is 11.7 Å². The van der Waals surface area contributed by atoms with Crippen molar-refractivity contribution in [1.29, 1.82) is 0 Å². The van der Waals surface area contributed by atoms with Gasteiger partial charge in [0.15, 0.2) is 0 Å². The minimum Gasteiger partial charge on any atom is -0.428 e. The molecule has 4 aliphatic rings. The molecule has 0 radical (unpaired) electrons. The zero-order chi connectivity index (χ0) is 13.8. The van der Waals surface area contributed by atoms with E-state index in [9.17, 15) is 9.59 Å². The predicted molar refractivity (Wildman–Crippen MR) is 64.7 cm³/mol. The van der Waals surface area contributed by atoms with Gasteiger partial charge in [-0.15, -0.1) is 0 Å². The van der Waals surface area contributed by atoms with Crippen LogP contribution in [0.5, 0.6) is 0 Å². The molecular weight excluding hydrogens is 248 g/mol. The van der Waals surface area contributed by atoms with Crippen molar-refractivity contribution in [3.63, 3.8) is 0 Å². The minimum atomic E-state index is -1.22. The highest BCUT2D eigenvalue weighted by atomic mass is 17.3.